The third-order valence-electron chi connectivity index (χ3n) is 2.53. The summed E-state index contributed by atoms with van der Waals surface area (Å²) in [5.41, 5.74) is 0.744. The maximum Gasteiger partial charge on any atom is 0.305 e. The number of aliphatic carboxylic acids is 1. The number of carboxylic acids is 1. The van der Waals surface area contributed by atoms with Crippen molar-refractivity contribution >= 4 is 27.8 Å². The molecule has 0 aliphatic rings. The Morgan fingerprint density at radius 3 is 2.40 bits per heavy atom. The van der Waals surface area contributed by atoms with Gasteiger partial charge >= 0.3 is 5.97 Å². The first kappa shape index (κ1) is 16.7. The number of halogens is 1. The van der Waals surface area contributed by atoms with Gasteiger partial charge in [0.05, 0.1) is 18.6 Å². The Labute approximate surface area is 126 Å². The van der Waals surface area contributed by atoms with Gasteiger partial charge in [0, 0.05) is 4.47 Å². The van der Waals surface area contributed by atoms with Gasteiger partial charge in [-0.15, -0.1) is 0 Å². The molecule has 1 aromatic carbocycles. The summed E-state index contributed by atoms with van der Waals surface area (Å²) >= 11 is 3.31. The quantitative estimate of drug-likeness (QED) is 0.797. The van der Waals surface area contributed by atoms with E-state index in [0.717, 1.165) is 10.0 Å². The van der Waals surface area contributed by atoms with Crippen LogP contribution in [0.25, 0.3) is 0 Å². The van der Waals surface area contributed by atoms with Gasteiger partial charge in [-0.25, -0.2) is 0 Å². The van der Waals surface area contributed by atoms with Crippen LogP contribution >= 0.6 is 15.9 Å². The van der Waals surface area contributed by atoms with E-state index in [4.69, 9.17) is 9.84 Å². The van der Waals surface area contributed by atoms with Crippen LogP contribution in [0, 0.1) is 0 Å². The van der Waals surface area contributed by atoms with Gasteiger partial charge in [0.1, 0.15) is 6.61 Å². The van der Waals surface area contributed by atoms with Crippen molar-refractivity contribution in [1.29, 1.82) is 0 Å². The van der Waals surface area contributed by atoms with Gasteiger partial charge in [-0.05, 0) is 31.5 Å². The molecular weight excluding hydrogens is 326 g/mol. The monoisotopic (exact) mass is 343 g/mol. The Kier molecular flexibility index (Phi) is 6.67. The predicted molar refractivity (Wildman–Crippen MR) is 78.4 cm³/mol. The summed E-state index contributed by atoms with van der Waals surface area (Å²) in [6.45, 7) is 3.58. The summed E-state index contributed by atoms with van der Waals surface area (Å²) in [6.07, 6.45) is -0.221. The molecule has 1 rings (SSSR count). The van der Waals surface area contributed by atoms with Crippen molar-refractivity contribution in [2.45, 2.75) is 32.4 Å². The van der Waals surface area contributed by atoms with Crippen LogP contribution in [0.5, 0.6) is 0 Å². The number of rotatable bonds is 7. The Morgan fingerprint density at radius 2 is 1.90 bits per heavy atom. The van der Waals surface area contributed by atoms with Crippen molar-refractivity contribution in [2.75, 3.05) is 6.61 Å². The number of nitrogens with one attached hydrogen (secondary N) is 1. The molecule has 2 N–H and O–H groups in total. The lowest BCUT2D eigenvalue weighted by Gasteiger charge is -2.18. The van der Waals surface area contributed by atoms with E-state index < -0.39 is 12.0 Å². The van der Waals surface area contributed by atoms with Crippen molar-refractivity contribution in [1.82, 2.24) is 5.32 Å². The lowest BCUT2D eigenvalue weighted by atomic mass is 10.0. The zero-order valence-electron chi connectivity index (χ0n) is 11.4. The van der Waals surface area contributed by atoms with Crippen LogP contribution < -0.4 is 5.32 Å². The lowest BCUT2D eigenvalue weighted by molar-refractivity contribution is -0.138. The van der Waals surface area contributed by atoms with Crippen molar-refractivity contribution < 1.29 is 19.4 Å². The van der Waals surface area contributed by atoms with Crippen LogP contribution in [0.15, 0.2) is 28.7 Å². The molecule has 6 heteroatoms. The minimum atomic E-state index is -0.969. The van der Waals surface area contributed by atoms with Crippen LogP contribution in [-0.2, 0) is 14.3 Å². The number of hydrogen-bond acceptors (Lipinski definition) is 3. The van der Waals surface area contributed by atoms with E-state index in [2.05, 4.69) is 21.2 Å². The van der Waals surface area contributed by atoms with E-state index in [9.17, 15) is 9.59 Å². The number of carbonyl (C=O) groups is 2. The number of carboxylic acid groups (broad SMARTS) is 1. The average molecular weight is 344 g/mol. The molecule has 0 radical (unpaired) electrons. The van der Waals surface area contributed by atoms with Gasteiger partial charge in [0.25, 0.3) is 0 Å². The molecule has 0 aliphatic carbocycles. The molecule has 1 aromatic rings. The second-order valence-electron chi connectivity index (χ2n) is 4.63. The molecule has 1 atom stereocenters. The van der Waals surface area contributed by atoms with Gasteiger partial charge in [0.15, 0.2) is 0 Å². The summed E-state index contributed by atoms with van der Waals surface area (Å²) < 4.78 is 6.09. The Hall–Kier alpha value is -1.40. The minimum absolute atomic E-state index is 0.0497. The number of ether oxygens (including phenoxy) is 1. The van der Waals surface area contributed by atoms with Crippen LogP contribution in [0.4, 0.5) is 0 Å². The lowest BCUT2D eigenvalue weighted by Crippen LogP contribution is -2.33. The Morgan fingerprint density at radius 1 is 1.30 bits per heavy atom. The van der Waals surface area contributed by atoms with Crippen molar-refractivity contribution in [3.8, 4) is 0 Å². The fourth-order valence-corrected chi connectivity index (χ4v) is 1.86. The summed E-state index contributed by atoms with van der Waals surface area (Å²) in [5, 5.41) is 11.6. The summed E-state index contributed by atoms with van der Waals surface area (Å²) in [5.74, 6) is -1.30. The van der Waals surface area contributed by atoms with Crippen LogP contribution in [0.3, 0.4) is 0 Å². The largest absolute Gasteiger partial charge is 0.481 e. The maximum absolute atomic E-state index is 11.7. The highest BCUT2D eigenvalue weighted by atomic mass is 79.9. The zero-order valence-corrected chi connectivity index (χ0v) is 13.0. The van der Waals surface area contributed by atoms with Gasteiger partial charge in [-0.3, -0.25) is 9.59 Å². The molecule has 1 unspecified atom stereocenters. The molecule has 0 bridgehead atoms. The van der Waals surface area contributed by atoms with E-state index in [0.29, 0.717) is 0 Å². The first-order valence-electron chi connectivity index (χ1n) is 6.26. The highest BCUT2D eigenvalue weighted by Crippen LogP contribution is 2.19. The molecule has 0 spiro atoms. The van der Waals surface area contributed by atoms with E-state index in [-0.39, 0.29) is 25.0 Å². The van der Waals surface area contributed by atoms with Crippen LogP contribution in [0.2, 0.25) is 0 Å². The molecule has 0 saturated carbocycles. The molecule has 0 saturated heterocycles. The van der Waals surface area contributed by atoms with Crippen molar-refractivity contribution in [2.24, 2.45) is 0 Å². The minimum Gasteiger partial charge on any atom is -0.481 e. The van der Waals surface area contributed by atoms with Crippen LogP contribution in [-0.4, -0.2) is 29.7 Å². The Balaban J connectivity index is 2.71. The number of amides is 1. The number of benzene rings is 1. The van der Waals surface area contributed by atoms with Crippen LogP contribution in [0.1, 0.15) is 31.9 Å². The van der Waals surface area contributed by atoms with Gasteiger partial charge in [-0.2, -0.15) is 0 Å². The Bertz CT molecular complexity index is 459. The van der Waals surface area contributed by atoms with E-state index >= 15 is 0 Å². The third-order valence-corrected chi connectivity index (χ3v) is 3.06. The molecule has 0 fully saturated rings. The molecule has 0 heterocycles. The molecule has 0 aliphatic heterocycles. The molecular formula is C14H18BrNO4. The highest BCUT2D eigenvalue weighted by Gasteiger charge is 2.18. The van der Waals surface area contributed by atoms with Gasteiger partial charge in [0.2, 0.25) is 5.91 Å². The first-order chi connectivity index (χ1) is 9.38. The van der Waals surface area contributed by atoms with Gasteiger partial charge in [-0.1, -0.05) is 28.1 Å². The first-order valence-corrected chi connectivity index (χ1v) is 7.06. The summed E-state index contributed by atoms with van der Waals surface area (Å²) in [7, 11) is 0. The van der Waals surface area contributed by atoms with E-state index in [1.807, 2.05) is 13.8 Å². The molecule has 110 valence electrons. The van der Waals surface area contributed by atoms with Crippen molar-refractivity contribution in [3.05, 3.63) is 34.3 Å². The van der Waals surface area contributed by atoms with Gasteiger partial charge < -0.3 is 15.2 Å². The normalized spacial score (nSPS) is 12.2. The molecule has 1 amide bonds. The second kappa shape index (κ2) is 8.01. The zero-order chi connectivity index (χ0) is 15.1. The van der Waals surface area contributed by atoms with E-state index in [1.165, 1.54) is 0 Å². The molecule has 5 nitrogen and oxygen atoms in total. The highest BCUT2D eigenvalue weighted by molar-refractivity contribution is 9.10. The summed E-state index contributed by atoms with van der Waals surface area (Å²) in [6, 6.07) is 6.61. The number of carbonyl (C=O) groups excluding carboxylic acids is 1. The standard InChI is InChI=1S/C14H18BrNO4/c1-9(2)20-8-13(17)16-12(7-14(18)19)10-3-5-11(15)6-4-10/h3-6,9,12H,7-8H2,1-2H3,(H,16,17)(H,18,19). The fourth-order valence-electron chi connectivity index (χ4n) is 1.60. The van der Waals surface area contributed by atoms with E-state index in [1.54, 1.807) is 24.3 Å². The second-order valence-corrected chi connectivity index (χ2v) is 5.54. The fraction of sp³-hybridized carbons (Fsp3) is 0.429. The third kappa shape index (κ3) is 6.16. The molecule has 0 aromatic heterocycles. The maximum atomic E-state index is 11.7. The van der Waals surface area contributed by atoms with Crippen molar-refractivity contribution in [3.63, 3.8) is 0 Å². The molecule has 20 heavy (non-hydrogen) atoms. The summed E-state index contributed by atoms with van der Waals surface area (Å²) in [4.78, 5) is 22.6. The smallest absolute Gasteiger partial charge is 0.305 e. The number of hydrogen-bond donors (Lipinski definition) is 2. The topological polar surface area (TPSA) is 75.6 Å². The average Bonchev–Trinajstić information content (AvgIpc) is 2.36. The predicted octanol–water partition coefficient (Wildman–Crippen LogP) is 2.51. The SMILES string of the molecule is CC(C)OCC(=O)NC(CC(=O)O)c1ccc(Br)cc1.